The van der Waals surface area contributed by atoms with Gasteiger partial charge < -0.3 is 9.52 Å². The number of nitrogens with zero attached hydrogens (tertiary/aromatic N) is 3. The molecule has 106 valence electrons. The highest BCUT2D eigenvalue weighted by Gasteiger charge is 2.17. The lowest BCUT2D eigenvalue weighted by molar-refractivity contribution is -0.380. The molecule has 1 atom stereocenters. The molecule has 0 aromatic carbocycles. The van der Waals surface area contributed by atoms with Gasteiger partial charge in [0, 0.05) is 18.9 Å². The van der Waals surface area contributed by atoms with Gasteiger partial charge in [-0.1, -0.05) is 18.3 Å². The fourth-order valence-corrected chi connectivity index (χ4v) is 2.39. The fourth-order valence-electron chi connectivity index (χ4n) is 1.64. The van der Waals surface area contributed by atoms with Crippen LogP contribution >= 0.6 is 11.3 Å². The molecule has 1 unspecified atom stereocenters. The van der Waals surface area contributed by atoms with E-state index in [-0.39, 0.29) is 23.2 Å². The Hall–Kier alpha value is -2.29. The van der Waals surface area contributed by atoms with Crippen LogP contribution < -0.4 is 0 Å². The van der Waals surface area contributed by atoms with Crippen LogP contribution in [0.2, 0.25) is 0 Å². The molecule has 20 heavy (non-hydrogen) atoms. The molecule has 0 bridgehead atoms. The van der Waals surface area contributed by atoms with Gasteiger partial charge in [0.25, 0.3) is 5.89 Å². The smallest absolute Gasteiger partial charge is 0.324 e. The van der Waals surface area contributed by atoms with Gasteiger partial charge >= 0.3 is 11.0 Å². The molecule has 0 amide bonds. The molecule has 0 aliphatic carbocycles. The first kappa shape index (κ1) is 14.1. The minimum absolute atomic E-state index is 0.000930. The monoisotopic (exact) mass is 297 g/mol. The molecule has 1 N–H and O–H groups in total. The zero-order valence-corrected chi connectivity index (χ0v) is 11.3. The summed E-state index contributed by atoms with van der Waals surface area (Å²) in [6, 6.07) is 2.91. The Morgan fingerprint density at radius 2 is 2.30 bits per heavy atom. The maximum Gasteiger partial charge on any atom is 0.324 e. The van der Waals surface area contributed by atoms with Gasteiger partial charge in [-0.25, -0.2) is 0 Å². The normalized spacial score (nSPS) is 12.2. The van der Waals surface area contributed by atoms with Crippen molar-refractivity contribution in [3.63, 3.8) is 0 Å². The van der Waals surface area contributed by atoms with Crippen molar-refractivity contribution in [1.29, 1.82) is 0 Å². The van der Waals surface area contributed by atoms with Crippen molar-refractivity contribution in [3.8, 4) is 10.8 Å². The van der Waals surface area contributed by atoms with Gasteiger partial charge in [-0.2, -0.15) is 0 Å². The third-order valence-electron chi connectivity index (χ3n) is 2.50. The van der Waals surface area contributed by atoms with Crippen molar-refractivity contribution >= 4 is 22.3 Å². The molecule has 0 aliphatic heterocycles. The average Bonchev–Trinajstić information content (AvgIpc) is 2.94. The SMILES string of the molecule is CC(CC(=O)O)Cc1nnc(-c2ccc([N+](=O)[O-])s2)o1. The summed E-state index contributed by atoms with van der Waals surface area (Å²) in [5.74, 6) is -0.477. The van der Waals surface area contributed by atoms with Crippen LogP contribution in [0.4, 0.5) is 5.00 Å². The van der Waals surface area contributed by atoms with Crippen LogP contribution in [0.1, 0.15) is 19.2 Å². The van der Waals surface area contributed by atoms with E-state index in [2.05, 4.69) is 10.2 Å². The maximum absolute atomic E-state index is 10.6. The molecule has 2 aromatic rings. The van der Waals surface area contributed by atoms with E-state index >= 15 is 0 Å². The number of aromatic nitrogens is 2. The van der Waals surface area contributed by atoms with Crippen molar-refractivity contribution in [2.24, 2.45) is 5.92 Å². The average molecular weight is 297 g/mol. The number of aliphatic carboxylic acids is 1. The quantitative estimate of drug-likeness (QED) is 0.641. The van der Waals surface area contributed by atoms with Crippen molar-refractivity contribution < 1.29 is 19.2 Å². The van der Waals surface area contributed by atoms with E-state index in [0.29, 0.717) is 17.2 Å². The van der Waals surface area contributed by atoms with E-state index in [0.717, 1.165) is 11.3 Å². The predicted octanol–water partition coefficient (Wildman–Crippen LogP) is 2.36. The van der Waals surface area contributed by atoms with Gasteiger partial charge in [0.05, 0.1) is 9.80 Å². The maximum atomic E-state index is 10.6. The second kappa shape index (κ2) is 5.78. The van der Waals surface area contributed by atoms with Crippen LogP contribution in [0.5, 0.6) is 0 Å². The first-order valence-electron chi connectivity index (χ1n) is 5.74. The van der Waals surface area contributed by atoms with Gasteiger partial charge in [0.1, 0.15) is 0 Å². The largest absolute Gasteiger partial charge is 0.481 e. The Morgan fingerprint density at radius 1 is 1.55 bits per heavy atom. The Balaban J connectivity index is 2.08. The van der Waals surface area contributed by atoms with Gasteiger partial charge in [-0.15, -0.1) is 10.2 Å². The highest BCUT2D eigenvalue weighted by atomic mass is 32.1. The lowest BCUT2D eigenvalue weighted by atomic mass is 10.0. The van der Waals surface area contributed by atoms with Crippen molar-refractivity contribution in [3.05, 3.63) is 28.1 Å². The zero-order valence-electron chi connectivity index (χ0n) is 10.5. The summed E-state index contributed by atoms with van der Waals surface area (Å²) in [5, 5.41) is 26.9. The molecule has 2 heterocycles. The molecular formula is C11H11N3O5S. The third-order valence-corrected chi connectivity index (χ3v) is 3.52. The van der Waals surface area contributed by atoms with E-state index < -0.39 is 10.9 Å². The van der Waals surface area contributed by atoms with E-state index in [1.165, 1.54) is 6.07 Å². The number of carboxylic acids is 1. The van der Waals surface area contributed by atoms with Crippen LogP contribution in [0, 0.1) is 16.0 Å². The van der Waals surface area contributed by atoms with Crippen molar-refractivity contribution in [2.75, 3.05) is 0 Å². The lowest BCUT2D eigenvalue weighted by Gasteiger charge is -2.03. The highest BCUT2D eigenvalue weighted by molar-refractivity contribution is 7.18. The number of thiophene rings is 1. The predicted molar refractivity (Wildman–Crippen MR) is 69.4 cm³/mol. The van der Waals surface area contributed by atoms with Crippen LogP contribution in [0.15, 0.2) is 16.5 Å². The van der Waals surface area contributed by atoms with E-state index in [9.17, 15) is 14.9 Å². The molecule has 0 spiro atoms. The van der Waals surface area contributed by atoms with Gasteiger partial charge in [0.15, 0.2) is 0 Å². The van der Waals surface area contributed by atoms with E-state index in [1.54, 1.807) is 13.0 Å². The standard InChI is InChI=1S/C11H11N3O5S/c1-6(5-10(15)16)4-8-12-13-11(19-8)7-2-3-9(20-7)14(17)18/h2-3,6H,4-5H2,1H3,(H,15,16). The molecule has 9 heteroatoms. The second-order valence-electron chi connectivity index (χ2n) is 4.30. The summed E-state index contributed by atoms with van der Waals surface area (Å²) in [6.07, 6.45) is 0.370. The molecule has 0 saturated heterocycles. The summed E-state index contributed by atoms with van der Waals surface area (Å²) in [6.45, 7) is 1.77. The van der Waals surface area contributed by atoms with Crippen LogP contribution in [-0.4, -0.2) is 26.2 Å². The van der Waals surface area contributed by atoms with Crippen LogP contribution in [0.3, 0.4) is 0 Å². The fraction of sp³-hybridized carbons (Fsp3) is 0.364. The third kappa shape index (κ3) is 3.38. The number of rotatable bonds is 6. The van der Waals surface area contributed by atoms with Crippen molar-refractivity contribution in [1.82, 2.24) is 10.2 Å². The number of nitro groups is 1. The van der Waals surface area contributed by atoms with Crippen LogP contribution in [-0.2, 0) is 11.2 Å². The first-order chi connectivity index (χ1) is 9.45. The number of hydrogen-bond acceptors (Lipinski definition) is 7. The molecule has 0 saturated carbocycles. The highest BCUT2D eigenvalue weighted by Crippen LogP contribution is 2.31. The Bertz CT molecular complexity index is 636. The minimum atomic E-state index is -0.883. The molecule has 2 rings (SSSR count). The summed E-state index contributed by atoms with van der Waals surface area (Å²) in [5.41, 5.74) is 0. The molecule has 0 fully saturated rings. The summed E-state index contributed by atoms with van der Waals surface area (Å²) >= 11 is 0.948. The molecule has 0 aliphatic rings. The minimum Gasteiger partial charge on any atom is -0.481 e. The first-order valence-corrected chi connectivity index (χ1v) is 6.56. The van der Waals surface area contributed by atoms with Crippen LogP contribution in [0.25, 0.3) is 10.8 Å². The van der Waals surface area contributed by atoms with Gasteiger partial charge in [-0.3, -0.25) is 14.9 Å². The summed E-state index contributed by atoms with van der Waals surface area (Å²) < 4.78 is 5.39. The van der Waals surface area contributed by atoms with E-state index in [1.807, 2.05) is 0 Å². The zero-order chi connectivity index (χ0) is 14.7. The molecule has 2 aromatic heterocycles. The summed E-state index contributed by atoms with van der Waals surface area (Å²) in [4.78, 5) is 21.2. The number of hydrogen-bond donors (Lipinski definition) is 1. The Labute approximate surface area is 117 Å². The van der Waals surface area contributed by atoms with E-state index in [4.69, 9.17) is 9.52 Å². The summed E-state index contributed by atoms with van der Waals surface area (Å²) in [7, 11) is 0. The molecule has 0 radical (unpaired) electrons. The van der Waals surface area contributed by atoms with Gasteiger partial charge in [0.2, 0.25) is 5.89 Å². The van der Waals surface area contributed by atoms with Gasteiger partial charge in [-0.05, 0) is 12.0 Å². The Morgan fingerprint density at radius 3 is 2.90 bits per heavy atom. The topological polar surface area (TPSA) is 119 Å². The molecular weight excluding hydrogens is 286 g/mol. The number of carbonyl (C=O) groups is 1. The van der Waals surface area contributed by atoms with Crippen molar-refractivity contribution in [2.45, 2.75) is 19.8 Å². The molecule has 8 nitrogen and oxygen atoms in total. The number of carboxylic acid groups (broad SMARTS) is 1. The Kier molecular flexibility index (Phi) is 4.08. The second-order valence-corrected chi connectivity index (χ2v) is 5.37. The lowest BCUT2D eigenvalue weighted by Crippen LogP contribution is -2.07.